The number of pyridine rings is 1. The lowest BCUT2D eigenvalue weighted by Gasteiger charge is -2.32. The zero-order valence-corrected chi connectivity index (χ0v) is 22.0. The summed E-state index contributed by atoms with van der Waals surface area (Å²) in [5.41, 5.74) is 1.87. The van der Waals surface area contributed by atoms with Gasteiger partial charge in [-0.2, -0.15) is 13.2 Å². The monoisotopic (exact) mass is 581 g/mol. The molecule has 1 saturated carbocycles. The normalized spacial score (nSPS) is 20.2. The third-order valence-corrected chi connectivity index (χ3v) is 7.41. The zero-order chi connectivity index (χ0) is 29.4. The summed E-state index contributed by atoms with van der Waals surface area (Å²) >= 11 is 0. The van der Waals surface area contributed by atoms with Crippen LogP contribution in [0.2, 0.25) is 0 Å². The molecule has 0 radical (unpaired) electrons. The second-order valence-corrected chi connectivity index (χ2v) is 10.4. The molecule has 0 spiro atoms. The van der Waals surface area contributed by atoms with E-state index in [9.17, 15) is 31.5 Å². The van der Waals surface area contributed by atoms with Crippen LogP contribution in [0.1, 0.15) is 48.7 Å². The Hall–Kier alpha value is -3.97. The summed E-state index contributed by atoms with van der Waals surface area (Å²) in [6.45, 7) is -0.598. The molecule has 2 unspecified atom stereocenters. The maximum absolute atomic E-state index is 13.9. The molecule has 1 aliphatic carbocycles. The van der Waals surface area contributed by atoms with E-state index in [4.69, 9.17) is 9.15 Å². The van der Waals surface area contributed by atoms with Gasteiger partial charge < -0.3 is 24.7 Å². The highest BCUT2D eigenvalue weighted by molar-refractivity contribution is 5.79. The number of nitrogens with zero attached hydrogens (tertiary/aromatic N) is 3. The zero-order valence-electron chi connectivity index (χ0n) is 22.0. The summed E-state index contributed by atoms with van der Waals surface area (Å²) in [4.78, 5) is 34.7. The number of rotatable bonds is 8. The van der Waals surface area contributed by atoms with E-state index in [0.29, 0.717) is 28.1 Å². The van der Waals surface area contributed by atoms with Crippen molar-refractivity contribution >= 4 is 23.0 Å². The SMILES string of the molecule is COc1ccc(CC(=O)NC(c2nc3cc(CN4CC(C(F)(F)F)NC4=O)ccc3o2)C2CCC(F)(F)CC2)cn1. The predicted octanol–water partition coefficient (Wildman–Crippen LogP) is 4.91. The molecular weight excluding hydrogens is 553 g/mol. The molecule has 41 heavy (non-hydrogen) atoms. The number of ether oxygens (including phenoxy) is 1. The van der Waals surface area contributed by atoms with Gasteiger partial charge in [0.25, 0.3) is 0 Å². The highest BCUT2D eigenvalue weighted by Gasteiger charge is 2.46. The third-order valence-electron chi connectivity index (χ3n) is 7.41. The summed E-state index contributed by atoms with van der Waals surface area (Å²) in [7, 11) is 1.47. The van der Waals surface area contributed by atoms with Crippen molar-refractivity contribution in [1.29, 1.82) is 0 Å². The number of benzene rings is 1. The summed E-state index contributed by atoms with van der Waals surface area (Å²) in [6.07, 6.45) is -3.42. The van der Waals surface area contributed by atoms with Gasteiger partial charge in [-0.3, -0.25) is 4.79 Å². The number of oxazole rings is 1. The second-order valence-electron chi connectivity index (χ2n) is 10.4. The van der Waals surface area contributed by atoms with Gasteiger partial charge in [0.05, 0.1) is 20.1 Å². The van der Waals surface area contributed by atoms with Gasteiger partial charge in [0.15, 0.2) is 5.58 Å². The Morgan fingerprint density at radius 2 is 1.95 bits per heavy atom. The fraction of sp³-hybridized carbons (Fsp3) is 0.481. The van der Waals surface area contributed by atoms with Crippen LogP contribution in [0.25, 0.3) is 11.1 Å². The number of urea groups is 1. The number of halogens is 5. The highest BCUT2D eigenvalue weighted by Crippen LogP contribution is 2.42. The number of hydrogen-bond donors (Lipinski definition) is 2. The molecule has 1 aliphatic heterocycles. The lowest BCUT2D eigenvalue weighted by molar-refractivity contribution is -0.149. The van der Waals surface area contributed by atoms with Crippen LogP contribution < -0.4 is 15.4 Å². The molecule has 9 nitrogen and oxygen atoms in total. The largest absolute Gasteiger partial charge is 0.481 e. The second kappa shape index (κ2) is 11.1. The number of amides is 3. The van der Waals surface area contributed by atoms with Gasteiger partial charge in [0.1, 0.15) is 17.6 Å². The van der Waals surface area contributed by atoms with Crippen molar-refractivity contribution < 1.29 is 40.7 Å². The summed E-state index contributed by atoms with van der Waals surface area (Å²) in [5, 5.41) is 4.83. The number of methoxy groups -OCH3 is 1. The van der Waals surface area contributed by atoms with Crippen LogP contribution in [0.3, 0.4) is 0 Å². The number of hydrogen-bond acceptors (Lipinski definition) is 6. The van der Waals surface area contributed by atoms with E-state index in [1.807, 2.05) is 5.32 Å². The van der Waals surface area contributed by atoms with Gasteiger partial charge >= 0.3 is 12.2 Å². The average Bonchev–Trinajstić information content (AvgIpc) is 3.51. The van der Waals surface area contributed by atoms with Crippen molar-refractivity contribution in [2.24, 2.45) is 5.92 Å². The lowest BCUT2D eigenvalue weighted by Crippen LogP contribution is -2.40. The van der Waals surface area contributed by atoms with Gasteiger partial charge in [-0.05, 0) is 42.0 Å². The molecule has 220 valence electrons. The topological polar surface area (TPSA) is 110 Å². The Morgan fingerprint density at radius 1 is 1.22 bits per heavy atom. The molecular formula is C27H28F5N5O4. The smallest absolute Gasteiger partial charge is 0.410 e. The average molecular weight is 582 g/mol. The van der Waals surface area contributed by atoms with Gasteiger partial charge in [-0.15, -0.1) is 0 Å². The molecule has 3 heterocycles. The fourth-order valence-corrected chi connectivity index (χ4v) is 5.18. The molecule has 2 aliphatic rings. The van der Waals surface area contributed by atoms with E-state index >= 15 is 0 Å². The summed E-state index contributed by atoms with van der Waals surface area (Å²) in [6, 6.07) is 4.54. The van der Waals surface area contributed by atoms with E-state index in [-0.39, 0.29) is 56.4 Å². The first-order valence-corrected chi connectivity index (χ1v) is 13.1. The molecule has 3 aromatic rings. The van der Waals surface area contributed by atoms with Crippen LogP contribution in [0, 0.1) is 5.92 Å². The molecule has 2 fully saturated rings. The minimum atomic E-state index is -4.55. The van der Waals surface area contributed by atoms with Crippen molar-refractivity contribution in [1.82, 2.24) is 25.5 Å². The molecule has 14 heteroatoms. The molecule has 1 aromatic carbocycles. The van der Waals surface area contributed by atoms with E-state index < -0.39 is 36.8 Å². The molecule has 2 N–H and O–H groups in total. The Balaban J connectivity index is 1.34. The number of carbonyl (C=O) groups excluding carboxylic acids is 2. The van der Waals surface area contributed by atoms with E-state index in [1.54, 1.807) is 30.3 Å². The molecule has 2 aromatic heterocycles. The van der Waals surface area contributed by atoms with Gasteiger partial charge in [-0.1, -0.05) is 12.1 Å². The number of nitrogens with one attached hydrogen (secondary N) is 2. The minimum absolute atomic E-state index is 0.0163. The first kappa shape index (κ1) is 28.6. The number of fused-ring (bicyclic) bond motifs is 1. The Bertz CT molecular complexity index is 1400. The number of alkyl halides is 5. The van der Waals surface area contributed by atoms with Gasteiger partial charge in [0, 0.05) is 31.6 Å². The third kappa shape index (κ3) is 6.68. The Morgan fingerprint density at radius 3 is 2.59 bits per heavy atom. The lowest BCUT2D eigenvalue weighted by atomic mass is 9.82. The molecule has 0 bridgehead atoms. The van der Waals surface area contributed by atoms with Crippen LogP contribution in [-0.2, 0) is 17.8 Å². The van der Waals surface area contributed by atoms with Crippen molar-refractivity contribution in [2.45, 2.75) is 62.8 Å². The molecule has 2 atom stereocenters. The molecule has 3 amide bonds. The summed E-state index contributed by atoms with van der Waals surface area (Å²) < 4.78 is 77.9. The molecule has 5 rings (SSSR count). The van der Waals surface area contributed by atoms with Gasteiger partial charge in [0.2, 0.25) is 23.6 Å². The van der Waals surface area contributed by atoms with Crippen molar-refractivity contribution in [3.8, 4) is 5.88 Å². The summed E-state index contributed by atoms with van der Waals surface area (Å²) in [5.74, 6) is -2.96. The van der Waals surface area contributed by atoms with Crippen molar-refractivity contribution in [3.05, 3.63) is 53.5 Å². The fourth-order valence-electron chi connectivity index (χ4n) is 5.18. The Labute approximate surface area is 231 Å². The van der Waals surface area contributed by atoms with Crippen LogP contribution >= 0.6 is 0 Å². The van der Waals surface area contributed by atoms with Crippen molar-refractivity contribution in [3.63, 3.8) is 0 Å². The van der Waals surface area contributed by atoms with Crippen molar-refractivity contribution in [2.75, 3.05) is 13.7 Å². The van der Waals surface area contributed by atoms with E-state index in [0.717, 1.165) is 4.90 Å². The van der Waals surface area contributed by atoms with Gasteiger partial charge in [-0.25, -0.2) is 23.5 Å². The number of aromatic nitrogens is 2. The maximum atomic E-state index is 13.9. The van der Waals surface area contributed by atoms with Crippen LogP contribution in [-0.4, -0.2) is 58.6 Å². The van der Waals surface area contributed by atoms with Crippen LogP contribution in [0.5, 0.6) is 5.88 Å². The number of carbonyl (C=O) groups is 2. The van der Waals surface area contributed by atoms with Crippen LogP contribution in [0.15, 0.2) is 40.9 Å². The van der Waals surface area contributed by atoms with Crippen LogP contribution in [0.4, 0.5) is 26.7 Å². The standard InChI is InChI=1S/C27H28F5N5O4/c1-40-22-5-3-15(12-33-22)11-21(38)36-23(17-6-8-26(28,29)9-7-17)24-34-18-10-16(2-4-19(18)41-24)13-37-14-20(27(30,31)32)35-25(37)39/h2-5,10,12,17,20,23H,6-9,11,13-14H2,1H3,(H,35,39)(H,36,38). The van der Waals surface area contributed by atoms with E-state index in [1.165, 1.54) is 13.3 Å². The molecule has 1 saturated heterocycles. The first-order valence-electron chi connectivity index (χ1n) is 13.1. The Kier molecular flexibility index (Phi) is 7.75. The first-order chi connectivity index (χ1) is 19.4. The predicted molar refractivity (Wildman–Crippen MR) is 135 cm³/mol. The van der Waals surface area contributed by atoms with E-state index in [2.05, 4.69) is 15.3 Å². The highest BCUT2D eigenvalue weighted by atomic mass is 19.4. The maximum Gasteiger partial charge on any atom is 0.410 e. The minimum Gasteiger partial charge on any atom is -0.481 e. The quantitative estimate of drug-likeness (QED) is 0.366.